The number of hydrogen-bond acceptors (Lipinski definition) is 3. The van der Waals surface area contributed by atoms with Crippen molar-refractivity contribution in [3.05, 3.63) is 65.7 Å². The molecule has 0 spiro atoms. The smallest absolute Gasteiger partial charge is 0.263 e. The van der Waals surface area contributed by atoms with Gasteiger partial charge in [-0.25, -0.2) is 8.78 Å². The second-order valence-electron chi connectivity index (χ2n) is 5.69. The number of ether oxygens (including phenoxy) is 1. The number of halogens is 3. The zero-order valence-corrected chi connectivity index (χ0v) is 15.3. The van der Waals surface area contributed by atoms with Gasteiger partial charge < -0.3 is 15.4 Å². The highest BCUT2D eigenvalue weighted by Crippen LogP contribution is 2.17. The quantitative estimate of drug-likeness (QED) is 0.760. The van der Waals surface area contributed by atoms with Gasteiger partial charge in [0, 0.05) is 25.7 Å². The maximum absolute atomic E-state index is 13.3. The number of carbonyl (C=O) groups is 1. The minimum atomic E-state index is -1.01. The Hall–Kier alpha value is -2.18. The molecule has 7 heteroatoms. The summed E-state index contributed by atoms with van der Waals surface area (Å²) < 4.78 is 31.7. The van der Waals surface area contributed by atoms with Crippen molar-refractivity contribution in [2.24, 2.45) is 5.73 Å². The maximum Gasteiger partial charge on any atom is 0.263 e. The normalized spacial score (nSPS) is 11.4. The zero-order valence-electron chi connectivity index (χ0n) is 14.5. The standard InChI is InChI=1S/C19H22F2N2O2.ClH/c1-14(25-16-7-8-17(20)18(21)13-16)19(24)23(12-10-22)11-9-15-5-3-2-4-6-15;/h2-8,13-14H,9-12,22H2,1H3;1H. The molecule has 0 radical (unpaired) electrons. The summed E-state index contributed by atoms with van der Waals surface area (Å²) in [4.78, 5) is 14.2. The van der Waals surface area contributed by atoms with Crippen molar-refractivity contribution in [1.29, 1.82) is 0 Å². The summed E-state index contributed by atoms with van der Waals surface area (Å²) in [7, 11) is 0. The Balaban J connectivity index is 0.00000338. The summed E-state index contributed by atoms with van der Waals surface area (Å²) >= 11 is 0. The van der Waals surface area contributed by atoms with Crippen molar-refractivity contribution in [2.75, 3.05) is 19.6 Å². The van der Waals surface area contributed by atoms with Gasteiger partial charge in [-0.05, 0) is 31.0 Å². The van der Waals surface area contributed by atoms with Crippen LogP contribution in [0.3, 0.4) is 0 Å². The van der Waals surface area contributed by atoms with Crippen molar-refractivity contribution >= 4 is 18.3 Å². The number of hydrogen-bond donors (Lipinski definition) is 1. The minimum Gasteiger partial charge on any atom is -0.481 e. The summed E-state index contributed by atoms with van der Waals surface area (Å²) in [6, 6.07) is 13.0. The van der Waals surface area contributed by atoms with Crippen LogP contribution >= 0.6 is 12.4 Å². The van der Waals surface area contributed by atoms with Crippen molar-refractivity contribution < 1.29 is 18.3 Å². The molecule has 0 aliphatic heterocycles. The van der Waals surface area contributed by atoms with E-state index in [1.54, 1.807) is 11.8 Å². The number of rotatable bonds is 8. The Labute approximate surface area is 158 Å². The van der Waals surface area contributed by atoms with Crippen molar-refractivity contribution in [3.8, 4) is 5.75 Å². The molecule has 1 amide bonds. The first kappa shape index (κ1) is 21.9. The molecular weight excluding hydrogens is 362 g/mol. The summed E-state index contributed by atoms with van der Waals surface area (Å²) in [5, 5.41) is 0. The predicted octanol–water partition coefficient (Wildman–Crippen LogP) is 3.18. The van der Waals surface area contributed by atoms with Gasteiger partial charge in [0.25, 0.3) is 5.91 Å². The van der Waals surface area contributed by atoms with E-state index in [2.05, 4.69) is 0 Å². The fourth-order valence-corrected chi connectivity index (χ4v) is 2.46. The fraction of sp³-hybridized carbons (Fsp3) is 0.316. The largest absolute Gasteiger partial charge is 0.481 e. The van der Waals surface area contributed by atoms with Crippen LogP contribution in [0.25, 0.3) is 0 Å². The van der Waals surface area contributed by atoms with E-state index in [-0.39, 0.29) is 24.1 Å². The van der Waals surface area contributed by atoms with Crippen LogP contribution < -0.4 is 10.5 Å². The molecule has 4 nitrogen and oxygen atoms in total. The van der Waals surface area contributed by atoms with E-state index in [0.717, 1.165) is 17.7 Å². The summed E-state index contributed by atoms with van der Waals surface area (Å²) in [5.41, 5.74) is 6.72. The predicted molar refractivity (Wildman–Crippen MR) is 99.5 cm³/mol. The van der Waals surface area contributed by atoms with Gasteiger partial charge in [0.2, 0.25) is 0 Å². The van der Waals surface area contributed by atoms with Crippen LogP contribution in [-0.2, 0) is 11.2 Å². The van der Waals surface area contributed by atoms with Crippen molar-refractivity contribution in [1.82, 2.24) is 4.90 Å². The molecule has 1 atom stereocenters. The first-order valence-electron chi connectivity index (χ1n) is 8.15. The molecule has 26 heavy (non-hydrogen) atoms. The molecule has 0 saturated heterocycles. The highest BCUT2D eigenvalue weighted by molar-refractivity contribution is 5.85. The Bertz CT molecular complexity index is 701. The van der Waals surface area contributed by atoms with Crippen LogP contribution in [0.2, 0.25) is 0 Å². The van der Waals surface area contributed by atoms with E-state index in [4.69, 9.17) is 10.5 Å². The lowest BCUT2D eigenvalue weighted by Gasteiger charge is -2.26. The second kappa shape index (κ2) is 10.7. The van der Waals surface area contributed by atoms with Gasteiger partial charge in [0.15, 0.2) is 17.7 Å². The molecule has 142 valence electrons. The molecule has 0 aliphatic carbocycles. The van der Waals surface area contributed by atoms with Gasteiger partial charge in [-0.3, -0.25) is 4.79 Å². The van der Waals surface area contributed by atoms with E-state index in [0.29, 0.717) is 26.1 Å². The topological polar surface area (TPSA) is 55.6 Å². The second-order valence-corrected chi connectivity index (χ2v) is 5.69. The van der Waals surface area contributed by atoms with Crippen LogP contribution in [0.15, 0.2) is 48.5 Å². The molecule has 2 aromatic rings. The first-order chi connectivity index (χ1) is 12.0. The first-order valence-corrected chi connectivity index (χ1v) is 8.15. The number of nitrogens with two attached hydrogens (primary N) is 1. The van der Waals surface area contributed by atoms with Crippen LogP contribution in [0.4, 0.5) is 8.78 Å². The lowest BCUT2D eigenvalue weighted by molar-refractivity contribution is -0.137. The molecular formula is C19H23ClF2N2O2. The molecule has 0 heterocycles. The molecule has 1 unspecified atom stereocenters. The number of nitrogens with zero attached hydrogens (tertiary/aromatic N) is 1. The van der Waals surface area contributed by atoms with Gasteiger partial charge in [-0.1, -0.05) is 30.3 Å². The highest BCUT2D eigenvalue weighted by Gasteiger charge is 2.22. The molecule has 0 aliphatic rings. The van der Waals surface area contributed by atoms with Gasteiger partial charge in [0.1, 0.15) is 5.75 Å². The molecule has 2 rings (SSSR count). The highest BCUT2D eigenvalue weighted by atomic mass is 35.5. The SMILES string of the molecule is CC(Oc1ccc(F)c(F)c1)C(=O)N(CCN)CCc1ccccc1.Cl. The van der Waals surface area contributed by atoms with Gasteiger partial charge in [-0.2, -0.15) is 0 Å². The molecule has 2 N–H and O–H groups in total. The third kappa shape index (κ3) is 6.28. The van der Waals surface area contributed by atoms with E-state index >= 15 is 0 Å². The monoisotopic (exact) mass is 384 g/mol. The van der Waals surface area contributed by atoms with E-state index in [1.165, 1.54) is 6.07 Å². The van der Waals surface area contributed by atoms with Crippen molar-refractivity contribution in [2.45, 2.75) is 19.4 Å². The zero-order chi connectivity index (χ0) is 18.2. The lowest BCUT2D eigenvalue weighted by atomic mass is 10.1. The average Bonchev–Trinajstić information content (AvgIpc) is 2.62. The third-order valence-electron chi connectivity index (χ3n) is 3.78. The fourth-order valence-electron chi connectivity index (χ4n) is 2.46. The summed E-state index contributed by atoms with van der Waals surface area (Å²) in [6.45, 7) is 2.82. The molecule has 2 aromatic carbocycles. The van der Waals surface area contributed by atoms with Crippen LogP contribution in [0.5, 0.6) is 5.75 Å². The van der Waals surface area contributed by atoms with Crippen LogP contribution in [0.1, 0.15) is 12.5 Å². The average molecular weight is 385 g/mol. The Morgan fingerprint density at radius 1 is 1.12 bits per heavy atom. The maximum atomic E-state index is 13.3. The minimum absolute atomic E-state index is 0. The number of carbonyl (C=O) groups excluding carboxylic acids is 1. The van der Waals surface area contributed by atoms with E-state index in [9.17, 15) is 13.6 Å². The molecule has 0 saturated carbocycles. The lowest BCUT2D eigenvalue weighted by Crippen LogP contribution is -2.43. The van der Waals surface area contributed by atoms with Gasteiger partial charge >= 0.3 is 0 Å². The molecule has 0 fully saturated rings. The summed E-state index contributed by atoms with van der Waals surface area (Å²) in [5.74, 6) is -2.11. The number of benzene rings is 2. The van der Waals surface area contributed by atoms with E-state index < -0.39 is 17.7 Å². The molecule has 0 bridgehead atoms. The molecule has 0 aromatic heterocycles. The summed E-state index contributed by atoms with van der Waals surface area (Å²) in [6.07, 6.45) is -0.128. The van der Waals surface area contributed by atoms with Crippen LogP contribution in [0, 0.1) is 11.6 Å². The Morgan fingerprint density at radius 3 is 2.42 bits per heavy atom. The van der Waals surface area contributed by atoms with Crippen molar-refractivity contribution in [3.63, 3.8) is 0 Å². The van der Waals surface area contributed by atoms with E-state index in [1.807, 2.05) is 30.3 Å². The Morgan fingerprint density at radius 2 is 1.81 bits per heavy atom. The van der Waals surface area contributed by atoms with Crippen LogP contribution in [-0.4, -0.2) is 36.5 Å². The van der Waals surface area contributed by atoms with Gasteiger partial charge in [-0.15, -0.1) is 12.4 Å². The van der Waals surface area contributed by atoms with Gasteiger partial charge in [0.05, 0.1) is 0 Å². The third-order valence-corrected chi connectivity index (χ3v) is 3.78. The Kier molecular flexibility index (Phi) is 9.02. The number of amides is 1.